The highest BCUT2D eigenvalue weighted by molar-refractivity contribution is 9.10. The van der Waals surface area contributed by atoms with Crippen molar-refractivity contribution in [2.24, 2.45) is 0 Å². The number of rotatable bonds is 7. The van der Waals surface area contributed by atoms with Crippen LogP contribution in [0.25, 0.3) is 6.08 Å². The first-order valence-electron chi connectivity index (χ1n) is 9.64. The minimum Gasteiger partial charge on any atom is -0.490 e. The molecule has 3 rings (SSSR count). The van der Waals surface area contributed by atoms with Crippen LogP contribution in [0.15, 0.2) is 57.5 Å². The molecule has 0 spiro atoms. The van der Waals surface area contributed by atoms with E-state index in [4.69, 9.17) is 9.47 Å². The Bertz CT molecular complexity index is 1140. The van der Waals surface area contributed by atoms with Crippen molar-refractivity contribution in [2.45, 2.75) is 13.8 Å². The fourth-order valence-electron chi connectivity index (χ4n) is 3.04. The van der Waals surface area contributed by atoms with Gasteiger partial charge in [-0.3, -0.25) is 14.9 Å². The second-order valence-electron chi connectivity index (χ2n) is 6.75. The van der Waals surface area contributed by atoms with Gasteiger partial charge in [0.05, 0.1) is 16.8 Å². The predicted molar refractivity (Wildman–Crippen MR) is 129 cm³/mol. The molecule has 1 N–H and O–H groups in total. The zero-order valence-corrected chi connectivity index (χ0v) is 20.6. The lowest BCUT2D eigenvalue weighted by Crippen LogP contribution is -2.54. The number of carbonyl (C=O) groups is 3. The van der Waals surface area contributed by atoms with E-state index in [1.807, 2.05) is 13.8 Å². The number of imide groups is 2. The quantitative estimate of drug-likeness (QED) is 0.286. The van der Waals surface area contributed by atoms with Gasteiger partial charge in [-0.25, -0.2) is 9.69 Å². The number of amides is 4. The van der Waals surface area contributed by atoms with Crippen LogP contribution < -0.4 is 19.7 Å². The Labute approximate surface area is 202 Å². The summed E-state index contributed by atoms with van der Waals surface area (Å²) in [5, 5.41) is 2.22. The Hall–Kier alpha value is -2.91. The molecule has 0 bridgehead atoms. The topological polar surface area (TPSA) is 84.9 Å². The lowest BCUT2D eigenvalue weighted by molar-refractivity contribution is -0.122. The number of barbiturate groups is 1. The molecule has 2 aromatic rings. The SMILES string of the molecule is C=CCOc1c(Br)cc(/C=C2\C(=O)NC(=O)N(c3ccc(Br)c(C)c3)C2=O)cc1OCC. The normalized spacial score (nSPS) is 15.1. The van der Waals surface area contributed by atoms with E-state index in [2.05, 4.69) is 43.8 Å². The lowest BCUT2D eigenvalue weighted by Gasteiger charge is -2.26. The minimum absolute atomic E-state index is 0.181. The average molecular weight is 564 g/mol. The van der Waals surface area contributed by atoms with Crippen LogP contribution in [-0.2, 0) is 9.59 Å². The molecule has 7 nitrogen and oxygen atoms in total. The zero-order valence-electron chi connectivity index (χ0n) is 17.4. The number of urea groups is 1. The van der Waals surface area contributed by atoms with Gasteiger partial charge in [0.1, 0.15) is 12.2 Å². The standard InChI is InChI=1S/C23H20Br2N2O5/c1-4-8-32-20-18(25)11-14(12-19(20)31-5-2)10-16-21(28)26-23(30)27(22(16)29)15-6-7-17(24)13(3)9-15/h4,6-7,9-12H,1,5,8H2,2-3H3,(H,26,28,30)/b16-10+. The van der Waals surface area contributed by atoms with Crippen molar-refractivity contribution in [3.8, 4) is 11.5 Å². The van der Waals surface area contributed by atoms with Crippen LogP contribution >= 0.6 is 31.9 Å². The summed E-state index contributed by atoms with van der Waals surface area (Å²) >= 11 is 6.84. The number of hydrogen-bond donors (Lipinski definition) is 1. The molecular weight excluding hydrogens is 544 g/mol. The first kappa shape index (κ1) is 23.7. The summed E-state index contributed by atoms with van der Waals surface area (Å²) in [6, 6.07) is 7.59. The molecule has 166 valence electrons. The molecule has 0 atom stereocenters. The fraction of sp³-hybridized carbons (Fsp3) is 0.174. The van der Waals surface area contributed by atoms with Crippen LogP contribution in [0.3, 0.4) is 0 Å². The third-order valence-corrected chi connectivity index (χ3v) is 5.97. The lowest BCUT2D eigenvalue weighted by atomic mass is 10.1. The maximum Gasteiger partial charge on any atom is 0.335 e. The molecule has 32 heavy (non-hydrogen) atoms. The van der Waals surface area contributed by atoms with Gasteiger partial charge in [-0.1, -0.05) is 28.6 Å². The van der Waals surface area contributed by atoms with Gasteiger partial charge in [-0.05, 0) is 77.3 Å². The smallest absolute Gasteiger partial charge is 0.335 e. The maximum atomic E-state index is 13.1. The van der Waals surface area contributed by atoms with Crippen molar-refractivity contribution in [3.05, 3.63) is 68.6 Å². The van der Waals surface area contributed by atoms with E-state index in [9.17, 15) is 14.4 Å². The van der Waals surface area contributed by atoms with Crippen LogP contribution in [0.4, 0.5) is 10.5 Å². The number of nitrogens with zero attached hydrogens (tertiary/aromatic N) is 1. The molecular formula is C23H20Br2N2O5. The number of halogens is 2. The number of hydrogen-bond acceptors (Lipinski definition) is 5. The van der Waals surface area contributed by atoms with E-state index in [1.165, 1.54) is 6.08 Å². The first-order valence-corrected chi connectivity index (χ1v) is 11.2. The second kappa shape index (κ2) is 10.1. The maximum absolute atomic E-state index is 13.1. The highest BCUT2D eigenvalue weighted by Gasteiger charge is 2.37. The van der Waals surface area contributed by atoms with Crippen LogP contribution in [0.1, 0.15) is 18.1 Å². The molecule has 0 radical (unpaired) electrons. The van der Waals surface area contributed by atoms with Crippen molar-refractivity contribution in [2.75, 3.05) is 18.1 Å². The number of benzene rings is 2. The van der Waals surface area contributed by atoms with Crippen LogP contribution in [-0.4, -0.2) is 31.1 Å². The Morgan fingerprint density at radius 1 is 1.09 bits per heavy atom. The molecule has 0 aromatic heterocycles. The molecule has 9 heteroatoms. The van der Waals surface area contributed by atoms with E-state index < -0.39 is 17.8 Å². The number of carbonyl (C=O) groups excluding carboxylic acids is 3. The van der Waals surface area contributed by atoms with Crippen molar-refractivity contribution < 1.29 is 23.9 Å². The third kappa shape index (κ3) is 4.94. The zero-order chi connectivity index (χ0) is 23.4. The average Bonchev–Trinajstić information content (AvgIpc) is 2.73. The molecule has 1 saturated heterocycles. The summed E-state index contributed by atoms with van der Waals surface area (Å²) < 4.78 is 12.7. The van der Waals surface area contributed by atoms with Gasteiger partial charge in [-0.2, -0.15) is 0 Å². The summed E-state index contributed by atoms with van der Waals surface area (Å²) in [6.45, 7) is 7.97. The number of anilines is 1. The van der Waals surface area contributed by atoms with Crippen LogP contribution in [0.5, 0.6) is 11.5 Å². The number of nitrogens with one attached hydrogen (secondary N) is 1. The van der Waals surface area contributed by atoms with E-state index in [0.29, 0.717) is 33.8 Å². The van der Waals surface area contributed by atoms with Crippen LogP contribution in [0, 0.1) is 6.92 Å². The summed E-state index contributed by atoms with van der Waals surface area (Å²) in [5.74, 6) is -0.570. The molecule has 4 amide bonds. The van der Waals surface area contributed by atoms with Gasteiger partial charge in [0.2, 0.25) is 0 Å². The van der Waals surface area contributed by atoms with Gasteiger partial charge < -0.3 is 9.47 Å². The summed E-state index contributed by atoms with van der Waals surface area (Å²) in [7, 11) is 0. The van der Waals surface area contributed by atoms with Crippen molar-refractivity contribution in [1.29, 1.82) is 0 Å². The molecule has 1 aliphatic rings. The number of aryl methyl sites for hydroxylation is 1. The molecule has 1 fully saturated rings. The molecule has 1 heterocycles. The molecule has 2 aromatic carbocycles. The van der Waals surface area contributed by atoms with Gasteiger partial charge in [-0.15, -0.1) is 0 Å². The van der Waals surface area contributed by atoms with Crippen molar-refractivity contribution in [1.82, 2.24) is 5.32 Å². The molecule has 0 unspecified atom stereocenters. The second-order valence-corrected chi connectivity index (χ2v) is 8.46. The van der Waals surface area contributed by atoms with Crippen molar-refractivity contribution >= 4 is 61.5 Å². The van der Waals surface area contributed by atoms with E-state index in [-0.39, 0.29) is 12.2 Å². The first-order chi connectivity index (χ1) is 15.3. The van der Waals surface area contributed by atoms with E-state index in [1.54, 1.807) is 36.4 Å². The summed E-state index contributed by atoms with van der Waals surface area (Å²) in [4.78, 5) is 39.0. The largest absolute Gasteiger partial charge is 0.490 e. The van der Waals surface area contributed by atoms with Crippen molar-refractivity contribution in [3.63, 3.8) is 0 Å². The van der Waals surface area contributed by atoms with E-state index in [0.717, 1.165) is 14.9 Å². The van der Waals surface area contributed by atoms with Gasteiger partial charge >= 0.3 is 6.03 Å². The third-order valence-electron chi connectivity index (χ3n) is 4.49. The Morgan fingerprint density at radius 2 is 1.84 bits per heavy atom. The molecule has 0 aliphatic carbocycles. The predicted octanol–water partition coefficient (Wildman–Crippen LogP) is 5.15. The molecule has 0 saturated carbocycles. The number of ether oxygens (including phenoxy) is 2. The van der Waals surface area contributed by atoms with E-state index >= 15 is 0 Å². The highest BCUT2D eigenvalue weighted by Crippen LogP contribution is 2.38. The van der Waals surface area contributed by atoms with Gasteiger partial charge in [0.15, 0.2) is 11.5 Å². The van der Waals surface area contributed by atoms with Gasteiger partial charge in [0.25, 0.3) is 11.8 Å². The summed E-state index contributed by atoms with van der Waals surface area (Å²) in [6.07, 6.45) is 3.02. The molecule has 1 aliphatic heterocycles. The summed E-state index contributed by atoms with van der Waals surface area (Å²) in [5.41, 5.74) is 1.53. The Kier molecular flexibility index (Phi) is 7.52. The monoisotopic (exact) mass is 562 g/mol. The Balaban J connectivity index is 2.03. The fourth-order valence-corrected chi connectivity index (χ4v) is 3.86. The highest BCUT2D eigenvalue weighted by atomic mass is 79.9. The minimum atomic E-state index is -0.803. The van der Waals surface area contributed by atoms with Crippen LogP contribution in [0.2, 0.25) is 0 Å². The van der Waals surface area contributed by atoms with Gasteiger partial charge in [0, 0.05) is 4.47 Å². The Morgan fingerprint density at radius 3 is 2.50 bits per heavy atom.